The first kappa shape index (κ1) is 5.90. The molecule has 0 saturated heterocycles. The molecule has 6 nitrogen and oxygen atoms in total. The van der Waals surface area contributed by atoms with Gasteiger partial charge in [0.1, 0.15) is 11.3 Å². The van der Waals surface area contributed by atoms with Crippen molar-refractivity contribution in [1.29, 1.82) is 0 Å². The van der Waals surface area contributed by atoms with Crippen molar-refractivity contribution in [3.8, 4) is 0 Å². The summed E-state index contributed by atoms with van der Waals surface area (Å²) in [7, 11) is 0. The summed E-state index contributed by atoms with van der Waals surface area (Å²) in [6.07, 6.45) is 0. The van der Waals surface area contributed by atoms with Gasteiger partial charge >= 0.3 is 0 Å². The van der Waals surface area contributed by atoms with E-state index in [2.05, 4.69) is 20.4 Å². The van der Waals surface area contributed by atoms with E-state index in [1.165, 1.54) is 0 Å². The van der Waals surface area contributed by atoms with E-state index in [4.69, 9.17) is 11.5 Å². The number of pyridine rings is 1. The fourth-order valence-corrected chi connectivity index (χ4v) is 0.818. The summed E-state index contributed by atoms with van der Waals surface area (Å²) in [5.74, 6) is 0.284. The van der Waals surface area contributed by atoms with Gasteiger partial charge in [0.15, 0.2) is 0 Å². The van der Waals surface area contributed by atoms with E-state index < -0.39 is 0 Å². The first-order chi connectivity index (χ1) is 5.27. The average Bonchev–Trinajstić information content (AvgIpc) is 2.36. The molecule has 2 aromatic heterocycles. The monoisotopic (exact) mass is 150 g/mol. The summed E-state index contributed by atoms with van der Waals surface area (Å²) in [4.78, 5) is 3.88. The van der Waals surface area contributed by atoms with E-state index in [0.717, 1.165) is 0 Å². The van der Waals surface area contributed by atoms with Crippen LogP contribution in [-0.4, -0.2) is 20.4 Å². The number of rotatable bonds is 0. The van der Waals surface area contributed by atoms with E-state index >= 15 is 0 Å². The van der Waals surface area contributed by atoms with Crippen LogP contribution in [0, 0.1) is 0 Å². The number of nitrogens with zero attached hydrogens (tertiary/aromatic N) is 3. The van der Waals surface area contributed by atoms with E-state index in [9.17, 15) is 0 Å². The Morgan fingerprint density at radius 3 is 3.00 bits per heavy atom. The zero-order valence-electron chi connectivity index (χ0n) is 5.57. The molecule has 11 heavy (non-hydrogen) atoms. The summed E-state index contributed by atoms with van der Waals surface area (Å²) < 4.78 is 0. The third-order valence-electron chi connectivity index (χ3n) is 1.38. The number of nitrogens with one attached hydrogen (secondary N) is 1. The maximum atomic E-state index is 5.48. The van der Waals surface area contributed by atoms with Crippen molar-refractivity contribution >= 4 is 22.7 Å². The van der Waals surface area contributed by atoms with Gasteiger partial charge in [0.25, 0.3) is 0 Å². The van der Waals surface area contributed by atoms with E-state index in [-0.39, 0.29) is 5.82 Å². The Kier molecular flexibility index (Phi) is 0.974. The van der Waals surface area contributed by atoms with Gasteiger partial charge in [0.05, 0.1) is 5.69 Å². The molecule has 0 spiro atoms. The Morgan fingerprint density at radius 1 is 1.36 bits per heavy atom. The van der Waals surface area contributed by atoms with Crippen molar-refractivity contribution in [3.05, 3.63) is 6.07 Å². The van der Waals surface area contributed by atoms with Crippen LogP contribution in [0.25, 0.3) is 11.2 Å². The minimum atomic E-state index is 0.284. The number of anilines is 2. The number of nitrogen functional groups attached to an aromatic ring is 2. The van der Waals surface area contributed by atoms with Crippen LogP contribution in [0.3, 0.4) is 0 Å². The van der Waals surface area contributed by atoms with Crippen molar-refractivity contribution in [3.63, 3.8) is 0 Å². The van der Waals surface area contributed by atoms with Crippen LogP contribution >= 0.6 is 0 Å². The molecule has 0 bridgehead atoms. The summed E-state index contributed by atoms with van der Waals surface area (Å²) in [6.45, 7) is 0. The molecule has 0 atom stereocenters. The Hall–Kier alpha value is -1.85. The SMILES string of the molecule is Nc1cc2[nH]nnc2nc1N. The highest BCUT2D eigenvalue weighted by molar-refractivity contribution is 5.78. The Balaban J connectivity index is 2.86. The molecule has 2 rings (SSSR count). The van der Waals surface area contributed by atoms with Gasteiger partial charge in [0.2, 0.25) is 5.65 Å². The average molecular weight is 150 g/mol. The van der Waals surface area contributed by atoms with Crippen LogP contribution in [0.4, 0.5) is 11.5 Å². The molecule has 6 heteroatoms. The Bertz CT molecular complexity index is 355. The lowest BCUT2D eigenvalue weighted by atomic mass is 10.4. The highest BCUT2D eigenvalue weighted by atomic mass is 15.3. The maximum Gasteiger partial charge on any atom is 0.203 e. The molecule has 2 aromatic rings. The van der Waals surface area contributed by atoms with Gasteiger partial charge in [-0.05, 0) is 6.07 Å². The molecule has 0 aromatic carbocycles. The third-order valence-corrected chi connectivity index (χ3v) is 1.38. The molecular formula is C5H6N6. The highest BCUT2D eigenvalue weighted by Gasteiger charge is 2.01. The first-order valence-corrected chi connectivity index (χ1v) is 3.00. The standard InChI is InChI=1S/C5H6N6/c6-2-1-3-5(8-4(2)7)10-11-9-3/h1H,6H2,(H3,7,8,9,10,11). The van der Waals surface area contributed by atoms with Gasteiger partial charge in [-0.1, -0.05) is 5.21 Å². The molecule has 0 fully saturated rings. The highest BCUT2D eigenvalue weighted by Crippen LogP contribution is 2.15. The minimum Gasteiger partial charge on any atom is -0.396 e. The van der Waals surface area contributed by atoms with Crippen LogP contribution in [0.2, 0.25) is 0 Å². The molecule has 0 aliphatic heterocycles. The van der Waals surface area contributed by atoms with Gasteiger partial charge < -0.3 is 11.5 Å². The predicted molar refractivity (Wildman–Crippen MR) is 40.5 cm³/mol. The number of nitrogens with two attached hydrogens (primary N) is 2. The predicted octanol–water partition coefficient (Wildman–Crippen LogP) is -0.483. The second kappa shape index (κ2) is 1.82. The van der Waals surface area contributed by atoms with Crippen LogP contribution in [-0.2, 0) is 0 Å². The smallest absolute Gasteiger partial charge is 0.203 e. The Morgan fingerprint density at radius 2 is 2.18 bits per heavy atom. The number of aromatic amines is 1. The van der Waals surface area contributed by atoms with Crippen molar-refractivity contribution in [1.82, 2.24) is 20.4 Å². The summed E-state index contributed by atoms with van der Waals surface area (Å²) in [5, 5.41) is 9.83. The molecule has 0 unspecified atom stereocenters. The van der Waals surface area contributed by atoms with Gasteiger partial charge in [-0.2, -0.15) is 0 Å². The van der Waals surface area contributed by atoms with Gasteiger partial charge in [-0.25, -0.2) is 4.98 Å². The van der Waals surface area contributed by atoms with Gasteiger partial charge in [-0.15, -0.1) is 5.10 Å². The number of aromatic nitrogens is 4. The van der Waals surface area contributed by atoms with Crippen LogP contribution in [0.5, 0.6) is 0 Å². The summed E-state index contributed by atoms with van der Waals surface area (Å²) >= 11 is 0. The Labute approximate surface area is 61.6 Å². The second-order valence-electron chi connectivity index (χ2n) is 2.15. The van der Waals surface area contributed by atoms with Crippen molar-refractivity contribution in [2.75, 3.05) is 11.5 Å². The molecular weight excluding hydrogens is 144 g/mol. The summed E-state index contributed by atoms with van der Waals surface area (Å²) in [5.41, 5.74) is 12.5. The molecule has 0 amide bonds. The van der Waals surface area contributed by atoms with Gasteiger partial charge in [-0.3, -0.25) is 5.10 Å². The van der Waals surface area contributed by atoms with Crippen molar-refractivity contribution in [2.24, 2.45) is 0 Å². The van der Waals surface area contributed by atoms with E-state index in [0.29, 0.717) is 16.9 Å². The van der Waals surface area contributed by atoms with Crippen LogP contribution < -0.4 is 11.5 Å². The maximum absolute atomic E-state index is 5.48. The molecule has 56 valence electrons. The molecule has 2 heterocycles. The number of H-pyrrole nitrogens is 1. The normalized spacial score (nSPS) is 10.5. The quantitative estimate of drug-likeness (QED) is 0.470. The largest absolute Gasteiger partial charge is 0.396 e. The third kappa shape index (κ3) is 0.759. The second-order valence-corrected chi connectivity index (χ2v) is 2.15. The van der Waals surface area contributed by atoms with Crippen molar-refractivity contribution < 1.29 is 0 Å². The molecule has 0 radical (unpaired) electrons. The van der Waals surface area contributed by atoms with Crippen molar-refractivity contribution in [2.45, 2.75) is 0 Å². The first-order valence-electron chi connectivity index (χ1n) is 3.00. The molecule has 0 aliphatic rings. The lowest BCUT2D eigenvalue weighted by Crippen LogP contribution is -1.97. The topological polar surface area (TPSA) is 106 Å². The molecule has 0 aliphatic carbocycles. The fourth-order valence-electron chi connectivity index (χ4n) is 0.818. The zero-order valence-corrected chi connectivity index (χ0v) is 5.57. The van der Waals surface area contributed by atoms with E-state index in [1.54, 1.807) is 6.07 Å². The fraction of sp³-hybridized carbons (Fsp3) is 0. The van der Waals surface area contributed by atoms with Crippen LogP contribution in [0.1, 0.15) is 0 Å². The van der Waals surface area contributed by atoms with E-state index in [1.807, 2.05) is 0 Å². The van der Waals surface area contributed by atoms with Crippen LogP contribution in [0.15, 0.2) is 6.07 Å². The van der Waals surface area contributed by atoms with Gasteiger partial charge in [0, 0.05) is 0 Å². The lowest BCUT2D eigenvalue weighted by molar-refractivity contribution is 0.955. The summed E-state index contributed by atoms with van der Waals surface area (Å²) in [6, 6.07) is 1.65. The number of fused-ring (bicyclic) bond motifs is 1. The molecule has 0 saturated carbocycles. The minimum absolute atomic E-state index is 0.284. The molecule has 5 N–H and O–H groups in total. The zero-order chi connectivity index (χ0) is 7.84. The number of hydrogen-bond acceptors (Lipinski definition) is 5. The number of hydrogen-bond donors (Lipinski definition) is 3. The lowest BCUT2D eigenvalue weighted by Gasteiger charge is -1.95.